The Morgan fingerprint density at radius 2 is 1.41 bits per heavy atom. The lowest BCUT2D eigenvalue weighted by Crippen LogP contribution is -2.41. The van der Waals surface area contributed by atoms with E-state index in [1.807, 2.05) is 48.5 Å². The minimum Gasteiger partial charge on any atom is -0.267 e. The van der Waals surface area contributed by atoms with Crippen LogP contribution in [0.2, 0.25) is 5.02 Å². The Kier molecular flexibility index (Phi) is 5.22. The lowest BCUT2D eigenvalue weighted by atomic mass is 10.0. The topological polar surface area (TPSA) is 71.1 Å². The number of carbonyl (C=O) groups is 2. The van der Waals surface area contributed by atoms with Crippen LogP contribution in [-0.4, -0.2) is 16.8 Å². The van der Waals surface area contributed by atoms with Gasteiger partial charge in [0.15, 0.2) is 0 Å². The first-order chi connectivity index (χ1) is 14.1. The Balaban J connectivity index is 1.68. The average Bonchev–Trinajstić information content (AvgIpc) is 2.77. The highest BCUT2D eigenvalue weighted by Gasteiger charge is 2.16. The molecule has 1 aromatic heterocycles. The predicted octanol–water partition coefficient (Wildman–Crippen LogP) is 4.63. The molecule has 29 heavy (non-hydrogen) atoms. The van der Waals surface area contributed by atoms with E-state index in [1.54, 1.807) is 36.4 Å². The Morgan fingerprint density at radius 1 is 0.759 bits per heavy atom. The molecular formula is C23H16ClN3O2. The first kappa shape index (κ1) is 18.7. The smallest absolute Gasteiger partial charge is 0.267 e. The van der Waals surface area contributed by atoms with E-state index in [0.29, 0.717) is 32.7 Å². The quantitative estimate of drug-likeness (QED) is 0.492. The third-order valence-electron chi connectivity index (χ3n) is 4.44. The largest absolute Gasteiger partial charge is 0.270 e. The van der Waals surface area contributed by atoms with Crippen LogP contribution in [0.3, 0.4) is 0 Å². The predicted molar refractivity (Wildman–Crippen MR) is 114 cm³/mol. The van der Waals surface area contributed by atoms with Gasteiger partial charge in [-0.15, -0.1) is 0 Å². The summed E-state index contributed by atoms with van der Waals surface area (Å²) >= 11 is 6.31. The highest BCUT2D eigenvalue weighted by molar-refractivity contribution is 6.33. The molecule has 0 aliphatic carbocycles. The average molecular weight is 402 g/mol. The molecule has 2 N–H and O–H groups in total. The van der Waals surface area contributed by atoms with Gasteiger partial charge in [-0.05, 0) is 30.3 Å². The molecule has 0 saturated carbocycles. The van der Waals surface area contributed by atoms with Gasteiger partial charge in [0.25, 0.3) is 11.8 Å². The molecule has 0 radical (unpaired) electrons. The number of halogens is 1. The van der Waals surface area contributed by atoms with Crippen molar-refractivity contribution < 1.29 is 9.59 Å². The summed E-state index contributed by atoms with van der Waals surface area (Å²) in [6.07, 6.45) is 0. The van der Waals surface area contributed by atoms with Gasteiger partial charge in [-0.25, -0.2) is 4.98 Å². The minimum absolute atomic E-state index is 0.388. The van der Waals surface area contributed by atoms with Gasteiger partial charge in [-0.2, -0.15) is 0 Å². The molecule has 1 heterocycles. The van der Waals surface area contributed by atoms with Crippen molar-refractivity contribution in [2.75, 3.05) is 0 Å². The number of para-hydroxylation sites is 1. The number of hydrazine groups is 1. The Morgan fingerprint density at radius 3 is 2.21 bits per heavy atom. The number of amides is 2. The molecule has 4 rings (SSSR count). The maximum Gasteiger partial charge on any atom is 0.270 e. The molecule has 0 unspecified atom stereocenters. The van der Waals surface area contributed by atoms with Gasteiger partial charge < -0.3 is 0 Å². The summed E-state index contributed by atoms with van der Waals surface area (Å²) in [5.74, 6) is -0.843. The molecule has 0 fully saturated rings. The van der Waals surface area contributed by atoms with Gasteiger partial charge in [-0.3, -0.25) is 20.4 Å². The van der Waals surface area contributed by atoms with E-state index < -0.39 is 11.8 Å². The monoisotopic (exact) mass is 401 g/mol. The summed E-state index contributed by atoms with van der Waals surface area (Å²) in [5, 5.41) is 1.22. The highest BCUT2D eigenvalue weighted by atomic mass is 35.5. The van der Waals surface area contributed by atoms with Gasteiger partial charge in [0.1, 0.15) is 0 Å². The van der Waals surface area contributed by atoms with Crippen LogP contribution < -0.4 is 10.9 Å². The second-order valence-corrected chi connectivity index (χ2v) is 6.73. The summed E-state index contributed by atoms with van der Waals surface area (Å²) < 4.78 is 0. The van der Waals surface area contributed by atoms with Crippen molar-refractivity contribution in [1.82, 2.24) is 15.8 Å². The minimum atomic E-state index is -0.443. The zero-order valence-electron chi connectivity index (χ0n) is 15.2. The number of rotatable bonds is 3. The van der Waals surface area contributed by atoms with Crippen molar-refractivity contribution in [1.29, 1.82) is 0 Å². The van der Waals surface area contributed by atoms with Crippen molar-refractivity contribution in [3.8, 4) is 11.3 Å². The molecule has 3 aromatic carbocycles. The molecule has 142 valence electrons. The summed E-state index contributed by atoms with van der Waals surface area (Å²) in [6, 6.07) is 25.0. The molecule has 0 spiro atoms. The molecule has 2 amide bonds. The number of pyridine rings is 1. The standard InChI is InChI=1S/C23H16ClN3O2/c24-19-12-6-4-11-17(19)21-14-18(16-10-5-7-13-20(16)25-21)23(29)27-26-22(28)15-8-2-1-3-9-15/h1-14H,(H,26,28)(H,27,29). The van der Waals surface area contributed by atoms with E-state index in [0.717, 1.165) is 5.56 Å². The number of benzene rings is 3. The number of fused-ring (bicyclic) bond motifs is 1. The first-order valence-electron chi connectivity index (χ1n) is 8.94. The number of carbonyl (C=O) groups excluding carboxylic acids is 2. The van der Waals surface area contributed by atoms with E-state index in [-0.39, 0.29) is 0 Å². The van der Waals surface area contributed by atoms with Crippen molar-refractivity contribution in [3.05, 3.63) is 101 Å². The normalized spacial score (nSPS) is 10.5. The van der Waals surface area contributed by atoms with Crippen LogP contribution >= 0.6 is 11.6 Å². The Labute approximate surface area is 172 Å². The van der Waals surface area contributed by atoms with Gasteiger partial charge in [0.05, 0.1) is 16.8 Å². The van der Waals surface area contributed by atoms with E-state index in [1.165, 1.54) is 0 Å². The number of aromatic nitrogens is 1. The summed E-state index contributed by atoms with van der Waals surface area (Å²) in [5.41, 5.74) is 7.73. The molecule has 0 aliphatic heterocycles. The molecule has 0 aliphatic rings. The fourth-order valence-corrected chi connectivity index (χ4v) is 3.25. The second kappa shape index (κ2) is 8.12. The number of nitrogens with zero attached hydrogens (tertiary/aromatic N) is 1. The van der Waals surface area contributed by atoms with Gasteiger partial charge >= 0.3 is 0 Å². The van der Waals surface area contributed by atoms with Crippen molar-refractivity contribution in [2.45, 2.75) is 0 Å². The Bertz CT molecular complexity index is 1210. The van der Waals surface area contributed by atoms with E-state index >= 15 is 0 Å². The molecular weight excluding hydrogens is 386 g/mol. The number of hydrogen-bond acceptors (Lipinski definition) is 3. The maximum absolute atomic E-state index is 12.9. The van der Waals surface area contributed by atoms with Crippen LogP contribution in [0.15, 0.2) is 84.9 Å². The van der Waals surface area contributed by atoms with Crippen LogP contribution in [0, 0.1) is 0 Å². The third-order valence-corrected chi connectivity index (χ3v) is 4.77. The number of nitrogens with one attached hydrogen (secondary N) is 2. The highest BCUT2D eigenvalue weighted by Crippen LogP contribution is 2.29. The van der Waals surface area contributed by atoms with Crippen molar-refractivity contribution >= 4 is 34.3 Å². The first-order valence-corrected chi connectivity index (χ1v) is 9.32. The third kappa shape index (κ3) is 3.95. The van der Waals surface area contributed by atoms with Crippen LogP contribution in [-0.2, 0) is 0 Å². The van der Waals surface area contributed by atoms with Gasteiger partial charge in [0, 0.05) is 21.5 Å². The molecule has 6 heteroatoms. The van der Waals surface area contributed by atoms with Crippen LogP contribution in [0.1, 0.15) is 20.7 Å². The molecule has 5 nitrogen and oxygen atoms in total. The second-order valence-electron chi connectivity index (χ2n) is 6.33. The fourth-order valence-electron chi connectivity index (χ4n) is 3.01. The van der Waals surface area contributed by atoms with Crippen molar-refractivity contribution in [2.24, 2.45) is 0 Å². The van der Waals surface area contributed by atoms with Crippen molar-refractivity contribution in [3.63, 3.8) is 0 Å². The van der Waals surface area contributed by atoms with Crippen LogP contribution in [0.25, 0.3) is 22.2 Å². The molecule has 0 bridgehead atoms. The summed E-state index contributed by atoms with van der Waals surface area (Å²) in [7, 11) is 0. The number of hydrogen-bond donors (Lipinski definition) is 2. The molecule has 0 saturated heterocycles. The zero-order chi connectivity index (χ0) is 20.2. The lowest BCUT2D eigenvalue weighted by Gasteiger charge is -2.12. The van der Waals surface area contributed by atoms with Crippen LogP contribution in [0.5, 0.6) is 0 Å². The maximum atomic E-state index is 12.9. The summed E-state index contributed by atoms with van der Waals surface area (Å²) in [6.45, 7) is 0. The van der Waals surface area contributed by atoms with E-state index in [9.17, 15) is 9.59 Å². The zero-order valence-corrected chi connectivity index (χ0v) is 16.0. The Hall–Kier alpha value is -3.70. The van der Waals surface area contributed by atoms with Gasteiger partial charge in [-0.1, -0.05) is 66.2 Å². The molecule has 0 atom stereocenters. The SMILES string of the molecule is O=C(NNC(=O)c1cc(-c2ccccc2Cl)nc2ccccc12)c1ccccc1. The van der Waals surface area contributed by atoms with Crippen LogP contribution in [0.4, 0.5) is 0 Å². The molecule has 4 aromatic rings. The lowest BCUT2D eigenvalue weighted by molar-refractivity contribution is 0.0847. The van der Waals surface area contributed by atoms with E-state index in [2.05, 4.69) is 15.8 Å². The van der Waals surface area contributed by atoms with E-state index in [4.69, 9.17) is 11.6 Å². The summed E-state index contributed by atoms with van der Waals surface area (Å²) in [4.78, 5) is 29.7. The fraction of sp³-hybridized carbons (Fsp3) is 0. The van der Waals surface area contributed by atoms with Gasteiger partial charge in [0.2, 0.25) is 0 Å².